The predicted molar refractivity (Wildman–Crippen MR) is 457 cm³/mol. The van der Waals surface area contributed by atoms with Crippen LogP contribution in [0.25, 0.3) is 0 Å². The summed E-state index contributed by atoms with van der Waals surface area (Å²) >= 11 is -2.46. The topological polar surface area (TPSA) is 32.3 Å². The van der Waals surface area contributed by atoms with Crippen molar-refractivity contribution < 1.29 is 20.4 Å². The third-order valence-corrected chi connectivity index (χ3v) is 43.0. The maximum atomic E-state index is 5.29. The van der Waals surface area contributed by atoms with E-state index in [2.05, 4.69) is 408 Å². The van der Waals surface area contributed by atoms with E-state index in [0.29, 0.717) is 0 Å². The van der Waals surface area contributed by atoms with Gasteiger partial charge in [0.1, 0.15) is 0 Å². The van der Waals surface area contributed by atoms with Gasteiger partial charge in [-0.05, 0) is 95.3 Å². The second kappa shape index (κ2) is 45.1. The SMILES string of the molecule is CCC[CH2][Sn]([CH2]CCC)([CH2]CCC)[c]1cncc(N2CCN(C)CC2)n1.[Pd].c1ccc(P(c2ccccc2)c2ccccc2)cc1.c1ccc(P(c2ccccc2)c2ccccc2)cc1.c1ccc(P(c2ccccc2)c2ccccc2)cc1.c1ccc(P(c2ccccc2)c2ccccc2)cc1. The van der Waals surface area contributed by atoms with Crippen molar-refractivity contribution in [3.8, 4) is 0 Å². The summed E-state index contributed by atoms with van der Waals surface area (Å²) in [6.45, 7) is 11.4. The number of unbranched alkanes of at least 4 members (excludes halogenated alkanes) is 3. The Bertz CT molecular complexity index is 3450. The van der Waals surface area contributed by atoms with Gasteiger partial charge in [0.15, 0.2) is 0 Å². The summed E-state index contributed by atoms with van der Waals surface area (Å²) in [6, 6.07) is 129. The van der Waals surface area contributed by atoms with E-state index in [0.717, 1.165) is 32.0 Å². The number of likely N-dealkylation sites (N-methyl/N-ethyl adjacent to an activating group) is 1. The van der Waals surface area contributed by atoms with Crippen LogP contribution in [0.2, 0.25) is 13.3 Å². The van der Waals surface area contributed by atoms with Crippen molar-refractivity contribution in [1.82, 2.24) is 14.9 Å². The Morgan fingerprint density at radius 2 is 0.456 bits per heavy atom. The van der Waals surface area contributed by atoms with Crippen LogP contribution in [-0.2, 0) is 20.4 Å². The zero-order chi connectivity index (χ0) is 70.5. The second-order valence-corrected chi connectivity index (χ2v) is 47.4. The van der Waals surface area contributed by atoms with Crippen LogP contribution >= 0.6 is 31.7 Å². The minimum absolute atomic E-state index is 0. The molecule has 0 atom stereocenters. The normalized spacial score (nSPS) is 11.9. The molecule has 526 valence electrons. The first-order valence-corrected chi connectivity index (χ1v) is 49.4. The maximum Gasteiger partial charge on any atom is 0 e. The summed E-state index contributed by atoms with van der Waals surface area (Å²) in [7, 11) is 0.426. The summed E-state index contributed by atoms with van der Waals surface area (Å²) < 4.78 is 5.86. The Kier molecular flexibility index (Phi) is 34.9. The predicted octanol–water partition coefficient (Wildman–Crippen LogP) is 18.1. The van der Waals surface area contributed by atoms with Gasteiger partial charge in [-0.1, -0.05) is 364 Å². The molecule has 12 aromatic carbocycles. The number of rotatable bonds is 23. The van der Waals surface area contributed by atoms with Crippen LogP contribution in [0.5, 0.6) is 0 Å². The van der Waals surface area contributed by atoms with Crippen LogP contribution in [0.1, 0.15) is 59.3 Å². The maximum absolute atomic E-state index is 5.29. The molecule has 1 fully saturated rings. The molecule has 13 aromatic rings. The molecular formula is C93H100N4P4PdSn. The molecule has 1 saturated heterocycles. The molecule has 1 aromatic heterocycles. The molecule has 0 saturated carbocycles. The molecule has 0 amide bonds. The van der Waals surface area contributed by atoms with Crippen LogP contribution in [0.15, 0.2) is 376 Å². The molecule has 0 bridgehead atoms. The number of aromatic nitrogens is 2. The molecule has 14 rings (SSSR count). The van der Waals surface area contributed by atoms with Crippen LogP contribution < -0.4 is 72.3 Å². The molecule has 0 unspecified atom stereocenters. The van der Waals surface area contributed by atoms with Gasteiger partial charge < -0.3 is 0 Å². The first-order valence-electron chi connectivity index (χ1n) is 36.5. The van der Waals surface area contributed by atoms with E-state index in [1.165, 1.54) is 119 Å². The van der Waals surface area contributed by atoms with Gasteiger partial charge >= 0.3 is 166 Å². The fraction of sp³-hybridized carbons (Fsp3) is 0.183. The van der Waals surface area contributed by atoms with E-state index in [1.54, 1.807) is 0 Å². The van der Waals surface area contributed by atoms with Crippen molar-refractivity contribution in [2.45, 2.75) is 72.6 Å². The number of anilines is 1. The zero-order valence-electron chi connectivity index (χ0n) is 60.4. The zero-order valence-corrected chi connectivity index (χ0v) is 68.4. The average Bonchev–Trinajstić information content (AvgIpc) is 0.835. The standard InChI is InChI=1S/4C18H15P.C9H13N4.3C4H9.Pd.Sn/c4*1-4-10-16(11-5-1)19(17-12-6-2-7-13-17)18-14-8-3-9-15-18;1-12-4-6-13(7-5-12)9-8-10-2-3-11-9;3*1-3-4-2;;/h4*1-15H;2,8H,4-7H2,1H3;3*1,3-4H2,2H3;;. The van der Waals surface area contributed by atoms with Gasteiger partial charge in [0.05, 0.1) is 0 Å². The molecule has 10 heteroatoms. The van der Waals surface area contributed by atoms with Gasteiger partial charge in [0, 0.05) is 20.4 Å². The summed E-state index contributed by atoms with van der Waals surface area (Å²) in [6.07, 6.45) is 12.2. The minimum atomic E-state index is -2.46. The molecule has 1 aliphatic heterocycles. The quantitative estimate of drug-likeness (QED) is 0.0472. The molecular weight excluding hydrogens is 1520 g/mol. The number of hydrogen-bond donors (Lipinski definition) is 0. The Morgan fingerprint density at radius 1 is 0.272 bits per heavy atom. The Hall–Kier alpha value is -7.34. The van der Waals surface area contributed by atoms with E-state index in [-0.39, 0.29) is 20.4 Å². The number of piperazine rings is 1. The number of nitrogens with zero attached hydrogens (tertiary/aromatic N) is 4. The van der Waals surface area contributed by atoms with Crippen molar-refractivity contribution >= 4 is 123 Å². The molecule has 0 radical (unpaired) electrons. The van der Waals surface area contributed by atoms with E-state index in [1.807, 2.05) is 6.20 Å². The van der Waals surface area contributed by atoms with Crippen LogP contribution in [0, 0.1) is 0 Å². The van der Waals surface area contributed by atoms with E-state index < -0.39 is 50.1 Å². The summed E-state index contributed by atoms with van der Waals surface area (Å²) in [5, 5.41) is 16.8. The molecule has 4 nitrogen and oxygen atoms in total. The van der Waals surface area contributed by atoms with Gasteiger partial charge in [0.2, 0.25) is 0 Å². The Labute approximate surface area is 640 Å². The fourth-order valence-corrected chi connectivity index (χ4v) is 37.2. The van der Waals surface area contributed by atoms with Crippen LogP contribution in [-0.4, -0.2) is 66.5 Å². The van der Waals surface area contributed by atoms with Crippen LogP contribution in [0.3, 0.4) is 0 Å². The van der Waals surface area contributed by atoms with Gasteiger partial charge in [-0.2, -0.15) is 0 Å². The van der Waals surface area contributed by atoms with Crippen molar-refractivity contribution in [3.05, 3.63) is 376 Å². The second-order valence-electron chi connectivity index (χ2n) is 25.5. The van der Waals surface area contributed by atoms with Gasteiger partial charge in [-0.3, -0.25) is 0 Å². The molecule has 0 aliphatic carbocycles. The fourth-order valence-electron chi connectivity index (χ4n) is 12.8. The largest absolute Gasteiger partial charge is 0.0622 e. The van der Waals surface area contributed by atoms with E-state index >= 15 is 0 Å². The molecule has 1 aliphatic rings. The van der Waals surface area contributed by atoms with Crippen molar-refractivity contribution in [1.29, 1.82) is 0 Å². The van der Waals surface area contributed by atoms with Gasteiger partial charge in [-0.15, -0.1) is 0 Å². The number of hydrogen-bond acceptors (Lipinski definition) is 4. The van der Waals surface area contributed by atoms with Gasteiger partial charge in [-0.25, -0.2) is 0 Å². The minimum Gasteiger partial charge on any atom is -0.0622 e. The number of benzene rings is 12. The van der Waals surface area contributed by atoms with Crippen molar-refractivity contribution in [3.63, 3.8) is 0 Å². The summed E-state index contributed by atoms with van der Waals surface area (Å²) in [5.41, 5.74) is 0. The molecule has 2 heterocycles. The molecule has 0 N–H and O–H groups in total. The van der Waals surface area contributed by atoms with Crippen molar-refractivity contribution in [2.24, 2.45) is 0 Å². The molecule has 0 spiro atoms. The summed E-state index contributed by atoms with van der Waals surface area (Å²) in [5.74, 6) is 1.14. The first kappa shape index (κ1) is 79.8. The average molecular weight is 1620 g/mol. The third kappa shape index (κ3) is 24.6. The third-order valence-electron chi connectivity index (χ3n) is 18.2. The monoisotopic (exact) mass is 1620 g/mol. The molecule has 103 heavy (non-hydrogen) atoms. The van der Waals surface area contributed by atoms with Crippen LogP contribution in [0.4, 0.5) is 5.82 Å². The smallest absolute Gasteiger partial charge is 0 e. The first-order chi connectivity index (χ1) is 50.4. The van der Waals surface area contributed by atoms with Crippen molar-refractivity contribution in [2.75, 3.05) is 38.1 Å². The Morgan fingerprint density at radius 3 is 0.631 bits per heavy atom. The summed E-state index contributed by atoms with van der Waals surface area (Å²) in [4.78, 5) is 14.8. The van der Waals surface area contributed by atoms with E-state index in [9.17, 15) is 0 Å². The van der Waals surface area contributed by atoms with Gasteiger partial charge in [0.25, 0.3) is 0 Å². The van der Waals surface area contributed by atoms with E-state index in [4.69, 9.17) is 9.97 Å². The Balaban J connectivity index is 0.000000150.